The number of halogens is 2. The van der Waals surface area contributed by atoms with Crippen molar-refractivity contribution in [2.75, 3.05) is 24.1 Å². The Hall–Kier alpha value is -2.59. The van der Waals surface area contributed by atoms with Crippen LogP contribution in [0.5, 0.6) is 5.75 Å². The largest absolute Gasteiger partial charge is 0.363 e. The van der Waals surface area contributed by atoms with Gasteiger partial charge in [0.25, 0.3) is 15.9 Å². The SMILES string of the molecule is O=C(NCCCC1CCNCC1)c1ccc(S(=O)(=O)N(Oc2ccc(Br)cc2Cl)c2ccccc2)cc1. The standard InChI is InChI=1S/C27H29BrClN3O4S/c28-22-10-13-26(25(29)19-22)36-32(23-6-2-1-3-7-23)37(34,35)24-11-8-21(9-12-24)27(33)31-16-4-5-20-14-17-30-18-15-20/h1-3,6-13,19-20,30H,4-5,14-18H2,(H,31,33). The van der Waals surface area contributed by atoms with Crippen LogP contribution in [0.2, 0.25) is 5.02 Å². The van der Waals surface area contributed by atoms with Crippen molar-refractivity contribution in [2.45, 2.75) is 30.6 Å². The first-order chi connectivity index (χ1) is 17.8. The Kier molecular flexibility index (Phi) is 9.48. The minimum absolute atomic E-state index is 0.0213. The third kappa shape index (κ3) is 7.25. The summed E-state index contributed by atoms with van der Waals surface area (Å²) in [6.45, 7) is 2.72. The number of hydrogen-bond donors (Lipinski definition) is 2. The van der Waals surface area contributed by atoms with Crippen LogP contribution in [0.4, 0.5) is 5.69 Å². The van der Waals surface area contributed by atoms with Gasteiger partial charge in [0.15, 0.2) is 5.75 Å². The number of nitrogens with one attached hydrogen (secondary N) is 2. The van der Waals surface area contributed by atoms with Gasteiger partial charge in [0.2, 0.25) is 0 Å². The molecular weight excluding hydrogens is 578 g/mol. The van der Waals surface area contributed by atoms with Crippen LogP contribution in [-0.4, -0.2) is 34.0 Å². The predicted octanol–water partition coefficient (Wildman–Crippen LogP) is 5.80. The molecule has 0 atom stereocenters. The van der Waals surface area contributed by atoms with Gasteiger partial charge < -0.3 is 15.5 Å². The predicted molar refractivity (Wildman–Crippen MR) is 149 cm³/mol. The molecule has 10 heteroatoms. The lowest BCUT2D eigenvalue weighted by molar-refractivity contribution is 0.0952. The molecule has 1 aliphatic heterocycles. The first-order valence-corrected chi connectivity index (χ1v) is 14.8. The second-order valence-corrected chi connectivity index (χ2v) is 11.9. The summed E-state index contributed by atoms with van der Waals surface area (Å²) < 4.78 is 28.8. The van der Waals surface area contributed by atoms with E-state index in [0.29, 0.717) is 23.7 Å². The maximum Gasteiger partial charge on any atom is 0.295 e. The monoisotopic (exact) mass is 605 g/mol. The molecule has 0 aromatic heterocycles. The van der Waals surface area contributed by atoms with Crippen molar-refractivity contribution in [2.24, 2.45) is 5.92 Å². The summed E-state index contributed by atoms with van der Waals surface area (Å²) in [6, 6.07) is 19.2. The third-order valence-electron chi connectivity index (χ3n) is 6.21. The molecule has 196 valence electrons. The van der Waals surface area contributed by atoms with Gasteiger partial charge in [-0.25, -0.2) is 0 Å². The van der Waals surface area contributed by atoms with Crippen molar-refractivity contribution in [3.63, 3.8) is 0 Å². The number of amides is 1. The van der Waals surface area contributed by atoms with Crippen molar-refractivity contribution in [1.82, 2.24) is 10.6 Å². The van der Waals surface area contributed by atoms with Gasteiger partial charge >= 0.3 is 0 Å². The first kappa shape index (κ1) is 27.4. The normalized spacial score (nSPS) is 14.2. The smallest absolute Gasteiger partial charge is 0.295 e. The zero-order chi connectivity index (χ0) is 26.3. The molecule has 3 aromatic rings. The quantitative estimate of drug-likeness (QED) is 0.225. The number of carbonyl (C=O) groups excluding carboxylic acids is 1. The van der Waals surface area contributed by atoms with Crippen molar-refractivity contribution in [3.05, 3.63) is 87.9 Å². The second kappa shape index (κ2) is 12.8. The van der Waals surface area contributed by atoms with Crippen LogP contribution in [0.15, 0.2) is 82.2 Å². The molecule has 0 unspecified atom stereocenters. The molecule has 0 bridgehead atoms. The highest BCUT2D eigenvalue weighted by Crippen LogP contribution is 2.32. The zero-order valence-corrected chi connectivity index (χ0v) is 23.4. The summed E-state index contributed by atoms with van der Waals surface area (Å²) in [5.74, 6) is 0.662. The molecule has 0 spiro atoms. The highest BCUT2D eigenvalue weighted by Gasteiger charge is 2.28. The maximum absolute atomic E-state index is 13.6. The molecule has 4 rings (SSSR count). The van der Waals surface area contributed by atoms with Gasteiger partial charge in [-0.2, -0.15) is 8.42 Å². The Morgan fingerprint density at radius 2 is 1.76 bits per heavy atom. The summed E-state index contributed by atoms with van der Waals surface area (Å²) in [5, 5.41) is 6.54. The van der Waals surface area contributed by atoms with Crippen LogP contribution in [0, 0.1) is 5.92 Å². The Balaban J connectivity index is 1.45. The molecule has 2 N–H and O–H groups in total. The highest BCUT2D eigenvalue weighted by atomic mass is 79.9. The van der Waals surface area contributed by atoms with Crippen molar-refractivity contribution in [1.29, 1.82) is 0 Å². The molecule has 0 radical (unpaired) electrons. The van der Waals surface area contributed by atoms with E-state index in [1.165, 1.54) is 37.1 Å². The number of sulfonamides is 1. The van der Waals surface area contributed by atoms with Crippen molar-refractivity contribution >= 4 is 49.1 Å². The molecule has 7 nitrogen and oxygen atoms in total. The summed E-state index contributed by atoms with van der Waals surface area (Å²) in [6.07, 6.45) is 4.38. The van der Waals surface area contributed by atoms with Gasteiger partial charge in [-0.05, 0) is 99.3 Å². The molecule has 0 aliphatic carbocycles. The average Bonchev–Trinajstić information content (AvgIpc) is 2.91. The number of benzene rings is 3. The fourth-order valence-electron chi connectivity index (χ4n) is 4.17. The van der Waals surface area contributed by atoms with Crippen LogP contribution < -0.4 is 19.9 Å². The van der Waals surface area contributed by atoms with Crippen molar-refractivity contribution in [3.8, 4) is 5.75 Å². The molecule has 0 saturated carbocycles. The first-order valence-electron chi connectivity index (χ1n) is 12.2. The van der Waals surface area contributed by atoms with Gasteiger partial charge in [-0.15, -0.1) is 0 Å². The topological polar surface area (TPSA) is 87.7 Å². The van der Waals surface area contributed by atoms with E-state index in [1.54, 1.807) is 48.5 Å². The molecule has 1 heterocycles. The minimum atomic E-state index is -4.15. The highest BCUT2D eigenvalue weighted by molar-refractivity contribution is 9.10. The Bertz CT molecular complexity index is 1300. The molecule has 1 amide bonds. The summed E-state index contributed by atoms with van der Waals surface area (Å²) in [5.41, 5.74) is 0.695. The Labute approximate surface area is 231 Å². The summed E-state index contributed by atoms with van der Waals surface area (Å²) >= 11 is 9.62. The van der Waals surface area contributed by atoms with Gasteiger partial charge in [-0.1, -0.05) is 50.2 Å². The molecular formula is C27H29BrClN3O4S. The van der Waals surface area contributed by atoms with Crippen molar-refractivity contribution < 1.29 is 18.0 Å². The number of hydrogen-bond acceptors (Lipinski definition) is 5. The van der Waals surface area contributed by atoms with Gasteiger partial charge in [-0.3, -0.25) is 4.79 Å². The molecule has 3 aromatic carbocycles. The lowest BCUT2D eigenvalue weighted by Gasteiger charge is -2.24. The molecule has 1 fully saturated rings. The summed E-state index contributed by atoms with van der Waals surface area (Å²) in [7, 11) is -4.15. The van der Waals surface area contributed by atoms with E-state index in [1.807, 2.05) is 0 Å². The van der Waals surface area contributed by atoms with E-state index in [4.69, 9.17) is 16.4 Å². The van der Waals surface area contributed by atoms with Crippen LogP contribution in [0.1, 0.15) is 36.0 Å². The number of rotatable bonds is 10. The minimum Gasteiger partial charge on any atom is -0.363 e. The number of piperidine rings is 1. The number of para-hydroxylation sites is 1. The maximum atomic E-state index is 13.6. The fourth-order valence-corrected chi connectivity index (χ4v) is 6.13. The van der Waals surface area contributed by atoms with E-state index in [2.05, 4.69) is 26.6 Å². The average molecular weight is 607 g/mol. The molecule has 37 heavy (non-hydrogen) atoms. The number of anilines is 1. The van der Waals surface area contributed by atoms with Crippen LogP contribution in [0.25, 0.3) is 0 Å². The Morgan fingerprint density at radius 1 is 1.05 bits per heavy atom. The van der Waals surface area contributed by atoms with Crippen LogP contribution in [-0.2, 0) is 10.0 Å². The number of carbonyl (C=O) groups is 1. The zero-order valence-electron chi connectivity index (χ0n) is 20.2. The van der Waals surface area contributed by atoms with Crippen LogP contribution >= 0.6 is 27.5 Å². The van der Waals surface area contributed by atoms with Gasteiger partial charge in [0, 0.05) is 16.6 Å². The third-order valence-corrected chi connectivity index (χ3v) is 8.59. The number of nitrogens with zero attached hydrogens (tertiary/aromatic N) is 1. The molecule has 1 saturated heterocycles. The second-order valence-electron chi connectivity index (χ2n) is 8.85. The summed E-state index contributed by atoms with van der Waals surface area (Å²) in [4.78, 5) is 18.4. The van der Waals surface area contributed by atoms with E-state index in [9.17, 15) is 13.2 Å². The van der Waals surface area contributed by atoms with E-state index >= 15 is 0 Å². The van der Waals surface area contributed by atoms with E-state index < -0.39 is 10.0 Å². The Morgan fingerprint density at radius 3 is 2.43 bits per heavy atom. The van der Waals surface area contributed by atoms with E-state index in [-0.39, 0.29) is 21.6 Å². The molecule has 1 aliphatic rings. The lowest BCUT2D eigenvalue weighted by Crippen LogP contribution is -2.34. The van der Waals surface area contributed by atoms with Gasteiger partial charge in [0.05, 0.1) is 15.6 Å². The van der Waals surface area contributed by atoms with Crippen LogP contribution in [0.3, 0.4) is 0 Å². The van der Waals surface area contributed by atoms with E-state index in [0.717, 1.165) is 34.9 Å². The van der Waals surface area contributed by atoms with Gasteiger partial charge in [0.1, 0.15) is 0 Å². The fraction of sp³-hybridized carbons (Fsp3) is 0.296. The lowest BCUT2D eigenvalue weighted by atomic mass is 9.93.